The Hall–Kier alpha value is -0.0800. The fraction of sp³-hybridized carbons (Fsp3) is 0.875. The number of hydrogen-bond donors (Lipinski definition) is 0. The minimum Gasteiger partial charge on any atom is -0.525 e. The summed E-state index contributed by atoms with van der Waals surface area (Å²) in [5, 5.41) is 0. The van der Waals surface area contributed by atoms with Gasteiger partial charge in [0.05, 0.1) is 0 Å². The molecule has 2 heteroatoms. The fourth-order valence-electron chi connectivity index (χ4n) is 1.03. The zero-order chi connectivity index (χ0) is 7.61. The Balaban J connectivity index is 2.39. The second-order valence-electron chi connectivity index (χ2n) is 3.75. The van der Waals surface area contributed by atoms with Crippen molar-refractivity contribution in [3.63, 3.8) is 0 Å². The third-order valence-electron chi connectivity index (χ3n) is 1.75. The van der Waals surface area contributed by atoms with Crippen molar-refractivity contribution in [1.29, 1.82) is 0 Å². The Morgan fingerprint density at radius 1 is 1.40 bits per heavy atom. The smallest absolute Gasteiger partial charge is 0.0320 e. The summed E-state index contributed by atoms with van der Waals surface area (Å²) in [4.78, 5) is 0. The second-order valence-corrected chi connectivity index (χ2v) is 3.75. The maximum atomic E-state index is 5.30. The lowest BCUT2D eigenvalue weighted by molar-refractivity contribution is -0.114. The van der Waals surface area contributed by atoms with Crippen molar-refractivity contribution < 1.29 is 9.47 Å². The summed E-state index contributed by atoms with van der Waals surface area (Å²) in [6, 6.07) is 0. The Bertz CT molecular complexity index is 98.3. The molecule has 10 heavy (non-hydrogen) atoms. The highest BCUT2D eigenvalue weighted by Gasteiger charge is 2.23. The number of ether oxygens (including phenoxy) is 2. The predicted octanol–water partition coefficient (Wildman–Crippen LogP) is 1.96. The Labute approximate surface area is 62.5 Å². The van der Waals surface area contributed by atoms with Gasteiger partial charge in [-0.15, -0.1) is 0 Å². The molecule has 0 N–H and O–H groups in total. The largest absolute Gasteiger partial charge is 0.525 e. The summed E-state index contributed by atoms with van der Waals surface area (Å²) < 4.78 is 10.2. The van der Waals surface area contributed by atoms with Gasteiger partial charge in [0.15, 0.2) is 0 Å². The van der Waals surface area contributed by atoms with Crippen molar-refractivity contribution in [3.05, 3.63) is 6.79 Å². The van der Waals surface area contributed by atoms with Crippen molar-refractivity contribution in [3.8, 4) is 0 Å². The number of rotatable bonds is 0. The van der Waals surface area contributed by atoms with Gasteiger partial charge in [-0.2, -0.15) is 0 Å². The normalized spacial score (nSPS) is 28.5. The molecule has 2 nitrogen and oxygen atoms in total. The molecule has 1 saturated heterocycles. The van der Waals surface area contributed by atoms with Crippen LogP contribution in [0.5, 0.6) is 0 Å². The lowest BCUT2D eigenvalue weighted by atomic mass is 9.87. The molecular formula is C8H15O2-. The molecule has 1 heterocycles. The quantitative estimate of drug-likeness (QED) is 0.482. The molecule has 1 fully saturated rings. The summed E-state index contributed by atoms with van der Waals surface area (Å²) in [5.41, 5.74) is 0.236. The van der Waals surface area contributed by atoms with E-state index in [-0.39, 0.29) is 5.41 Å². The van der Waals surface area contributed by atoms with Crippen LogP contribution in [0.3, 0.4) is 0 Å². The molecule has 1 aliphatic rings. The van der Waals surface area contributed by atoms with Crippen molar-refractivity contribution in [2.45, 2.75) is 33.3 Å². The maximum absolute atomic E-state index is 5.30. The summed E-state index contributed by atoms with van der Waals surface area (Å²) in [7, 11) is 0. The Kier molecular flexibility index (Phi) is 2.32. The van der Waals surface area contributed by atoms with Crippen LogP contribution in [-0.2, 0) is 9.47 Å². The van der Waals surface area contributed by atoms with Gasteiger partial charge < -0.3 is 9.47 Å². The standard InChI is InChI=1S/C8H15O2/c1-8(2,3)7-4-5-9-6-10-7/h6-7H,4-5H2,1-3H3/q-1. The Morgan fingerprint density at radius 2 is 2.10 bits per heavy atom. The van der Waals surface area contributed by atoms with E-state index < -0.39 is 0 Å². The monoisotopic (exact) mass is 143 g/mol. The first-order valence-corrected chi connectivity index (χ1v) is 3.69. The minimum absolute atomic E-state index is 0.236. The van der Waals surface area contributed by atoms with E-state index in [9.17, 15) is 0 Å². The summed E-state index contributed by atoms with van der Waals surface area (Å²) in [5.74, 6) is 0. The summed E-state index contributed by atoms with van der Waals surface area (Å²) >= 11 is 0. The molecule has 0 aromatic carbocycles. The first-order valence-electron chi connectivity index (χ1n) is 3.69. The molecule has 0 amide bonds. The van der Waals surface area contributed by atoms with Gasteiger partial charge in [-0.1, -0.05) is 27.6 Å². The highest BCUT2D eigenvalue weighted by Crippen LogP contribution is 2.27. The summed E-state index contributed by atoms with van der Waals surface area (Å²) in [6.45, 7) is 8.78. The van der Waals surface area contributed by atoms with E-state index in [1.165, 1.54) is 6.79 Å². The van der Waals surface area contributed by atoms with Gasteiger partial charge in [0, 0.05) is 12.7 Å². The molecule has 60 valence electrons. The molecule has 1 atom stereocenters. The average Bonchev–Trinajstić information content (AvgIpc) is 1.88. The topological polar surface area (TPSA) is 18.5 Å². The van der Waals surface area contributed by atoms with E-state index in [4.69, 9.17) is 9.47 Å². The highest BCUT2D eigenvalue weighted by atomic mass is 16.7. The van der Waals surface area contributed by atoms with Gasteiger partial charge in [-0.25, -0.2) is 0 Å². The molecule has 0 saturated carbocycles. The molecule has 0 bridgehead atoms. The molecule has 0 aromatic rings. The predicted molar refractivity (Wildman–Crippen MR) is 39.2 cm³/mol. The SMILES string of the molecule is CC(C)(C)C1CCO[CH-]O1. The minimum atomic E-state index is 0.236. The van der Waals surface area contributed by atoms with E-state index in [2.05, 4.69) is 20.8 Å². The zero-order valence-corrected chi connectivity index (χ0v) is 6.89. The third kappa shape index (κ3) is 1.96. The van der Waals surface area contributed by atoms with Gasteiger partial charge in [-0.3, -0.25) is 0 Å². The van der Waals surface area contributed by atoms with Crippen LogP contribution in [0.2, 0.25) is 0 Å². The van der Waals surface area contributed by atoms with Gasteiger partial charge >= 0.3 is 0 Å². The zero-order valence-electron chi connectivity index (χ0n) is 6.89. The van der Waals surface area contributed by atoms with Crippen LogP contribution in [0.4, 0.5) is 0 Å². The molecule has 1 aliphatic heterocycles. The van der Waals surface area contributed by atoms with Crippen LogP contribution in [0.15, 0.2) is 0 Å². The van der Waals surface area contributed by atoms with Gasteiger partial charge in [0.2, 0.25) is 0 Å². The molecule has 0 aliphatic carbocycles. The first kappa shape index (κ1) is 8.02. The van der Waals surface area contributed by atoms with E-state index in [1.54, 1.807) is 0 Å². The van der Waals surface area contributed by atoms with Crippen molar-refractivity contribution >= 4 is 0 Å². The van der Waals surface area contributed by atoms with E-state index in [0.717, 1.165) is 13.0 Å². The van der Waals surface area contributed by atoms with E-state index in [1.807, 2.05) is 0 Å². The van der Waals surface area contributed by atoms with E-state index in [0.29, 0.717) is 6.10 Å². The molecule has 1 rings (SSSR count). The lowest BCUT2D eigenvalue weighted by Gasteiger charge is -2.40. The maximum Gasteiger partial charge on any atom is 0.0320 e. The molecule has 0 spiro atoms. The Morgan fingerprint density at radius 3 is 2.40 bits per heavy atom. The molecule has 1 unspecified atom stereocenters. The van der Waals surface area contributed by atoms with Crippen LogP contribution in [0.25, 0.3) is 0 Å². The van der Waals surface area contributed by atoms with Crippen LogP contribution in [0, 0.1) is 12.2 Å². The van der Waals surface area contributed by atoms with Gasteiger partial charge in [-0.05, 0) is 11.8 Å². The molecule has 0 radical (unpaired) electrons. The lowest BCUT2D eigenvalue weighted by Crippen LogP contribution is -2.33. The third-order valence-corrected chi connectivity index (χ3v) is 1.75. The van der Waals surface area contributed by atoms with Crippen molar-refractivity contribution in [2.75, 3.05) is 6.61 Å². The second kappa shape index (κ2) is 2.89. The van der Waals surface area contributed by atoms with Crippen molar-refractivity contribution in [1.82, 2.24) is 0 Å². The van der Waals surface area contributed by atoms with Crippen molar-refractivity contribution in [2.24, 2.45) is 5.41 Å². The first-order chi connectivity index (χ1) is 4.61. The van der Waals surface area contributed by atoms with Crippen LogP contribution < -0.4 is 0 Å². The van der Waals surface area contributed by atoms with Crippen LogP contribution in [-0.4, -0.2) is 12.7 Å². The fourth-order valence-corrected chi connectivity index (χ4v) is 1.03. The number of hydrogen-bond acceptors (Lipinski definition) is 2. The average molecular weight is 143 g/mol. The molecular weight excluding hydrogens is 128 g/mol. The highest BCUT2D eigenvalue weighted by molar-refractivity contribution is 4.76. The van der Waals surface area contributed by atoms with Crippen LogP contribution in [0.1, 0.15) is 27.2 Å². The van der Waals surface area contributed by atoms with Gasteiger partial charge in [0.1, 0.15) is 0 Å². The van der Waals surface area contributed by atoms with Gasteiger partial charge in [0.25, 0.3) is 0 Å². The molecule has 0 aromatic heterocycles. The van der Waals surface area contributed by atoms with E-state index >= 15 is 0 Å². The van der Waals surface area contributed by atoms with Crippen LogP contribution >= 0.6 is 0 Å². The summed E-state index contributed by atoms with van der Waals surface area (Å²) in [6.07, 6.45) is 1.32.